The molecule has 104 valence electrons. The van der Waals surface area contributed by atoms with Gasteiger partial charge in [0.2, 0.25) is 0 Å². The van der Waals surface area contributed by atoms with Gasteiger partial charge >= 0.3 is 5.97 Å². The molecule has 0 aliphatic heterocycles. The molecule has 2 aromatic carbocycles. The molecule has 0 radical (unpaired) electrons. The highest BCUT2D eigenvalue weighted by atomic mass is 19.1. The first-order valence-electron chi connectivity index (χ1n) is 5.95. The third-order valence-corrected chi connectivity index (χ3v) is 2.81. The van der Waals surface area contributed by atoms with Gasteiger partial charge in [-0.15, -0.1) is 0 Å². The lowest BCUT2D eigenvalue weighted by atomic mass is 10.1. The van der Waals surface area contributed by atoms with Crippen molar-refractivity contribution in [3.8, 4) is 5.75 Å². The first-order chi connectivity index (χ1) is 9.61. The zero-order valence-corrected chi connectivity index (χ0v) is 10.5. The lowest BCUT2D eigenvalue weighted by molar-refractivity contribution is 0.0691. The Labute approximate surface area is 115 Å². The first kappa shape index (κ1) is 14.0. The molecule has 2 rings (SSSR count). The van der Waals surface area contributed by atoms with Gasteiger partial charge in [-0.25, -0.2) is 9.18 Å². The second-order valence-corrected chi connectivity index (χ2v) is 4.17. The van der Waals surface area contributed by atoms with E-state index in [9.17, 15) is 9.18 Å². The summed E-state index contributed by atoms with van der Waals surface area (Å²) in [5.74, 6) is -1.58. The van der Waals surface area contributed by atoms with E-state index >= 15 is 0 Å². The summed E-state index contributed by atoms with van der Waals surface area (Å²) in [5.41, 5.74) is 0.550. The maximum atomic E-state index is 13.9. The number of hydrogen-bond acceptors (Lipinski definition) is 3. The molecule has 0 atom stereocenters. The summed E-state index contributed by atoms with van der Waals surface area (Å²) in [6.07, 6.45) is 0. The lowest BCUT2D eigenvalue weighted by Gasteiger charge is -2.09. The summed E-state index contributed by atoms with van der Waals surface area (Å²) in [4.78, 5) is 10.8. The van der Waals surface area contributed by atoms with Crippen LogP contribution in [0.25, 0.3) is 0 Å². The van der Waals surface area contributed by atoms with Crippen molar-refractivity contribution in [1.82, 2.24) is 0 Å². The van der Waals surface area contributed by atoms with Crippen LogP contribution in [-0.4, -0.2) is 16.2 Å². The van der Waals surface area contributed by atoms with E-state index < -0.39 is 11.8 Å². The Bertz CT molecular complexity index is 608. The molecule has 2 N–H and O–H groups in total. The fourth-order valence-electron chi connectivity index (χ4n) is 1.71. The second-order valence-electron chi connectivity index (χ2n) is 4.17. The summed E-state index contributed by atoms with van der Waals surface area (Å²) in [6.45, 7) is -0.124. The van der Waals surface area contributed by atoms with Crippen LogP contribution in [0, 0.1) is 5.82 Å². The van der Waals surface area contributed by atoms with Crippen LogP contribution >= 0.6 is 0 Å². The van der Waals surface area contributed by atoms with Gasteiger partial charge < -0.3 is 14.9 Å². The fraction of sp³-hybridized carbons (Fsp3) is 0.133. The molecule has 2 aromatic rings. The Hall–Kier alpha value is -2.40. The summed E-state index contributed by atoms with van der Waals surface area (Å²) in [6, 6.07) is 10.9. The van der Waals surface area contributed by atoms with Crippen molar-refractivity contribution in [3.05, 3.63) is 65.0 Å². The monoisotopic (exact) mass is 276 g/mol. The summed E-state index contributed by atoms with van der Waals surface area (Å²) < 4.78 is 19.2. The highest BCUT2D eigenvalue weighted by molar-refractivity contribution is 5.88. The maximum Gasteiger partial charge on any atom is 0.338 e. The Balaban J connectivity index is 2.10. The van der Waals surface area contributed by atoms with Crippen molar-refractivity contribution in [2.45, 2.75) is 13.2 Å². The third kappa shape index (κ3) is 3.13. The molecule has 0 saturated heterocycles. The normalized spacial score (nSPS) is 10.3. The largest absolute Gasteiger partial charge is 0.489 e. The van der Waals surface area contributed by atoms with Crippen LogP contribution < -0.4 is 4.74 Å². The highest BCUT2D eigenvalue weighted by Crippen LogP contribution is 2.17. The van der Waals surface area contributed by atoms with E-state index in [2.05, 4.69) is 0 Å². The van der Waals surface area contributed by atoms with Crippen LogP contribution in [0.15, 0.2) is 42.5 Å². The minimum absolute atomic E-state index is 0.0600. The quantitative estimate of drug-likeness (QED) is 0.881. The summed E-state index contributed by atoms with van der Waals surface area (Å²) in [7, 11) is 0. The molecular weight excluding hydrogens is 263 g/mol. The van der Waals surface area contributed by atoms with Gasteiger partial charge in [0.25, 0.3) is 0 Å². The van der Waals surface area contributed by atoms with E-state index in [1.54, 1.807) is 24.3 Å². The molecule has 0 aromatic heterocycles. The molecule has 0 heterocycles. The second kappa shape index (κ2) is 6.16. The SMILES string of the molecule is O=C(O)c1cccc(COc2ccc(CO)cc2)c1F. The number of benzene rings is 2. The molecule has 0 saturated carbocycles. The average molecular weight is 276 g/mol. The topological polar surface area (TPSA) is 66.8 Å². The Morgan fingerprint density at radius 1 is 1.15 bits per heavy atom. The maximum absolute atomic E-state index is 13.9. The Kier molecular flexibility index (Phi) is 4.32. The van der Waals surface area contributed by atoms with Crippen molar-refractivity contribution < 1.29 is 24.1 Å². The Morgan fingerprint density at radius 2 is 1.85 bits per heavy atom. The van der Waals surface area contributed by atoms with Crippen molar-refractivity contribution in [2.24, 2.45) is 0 Å². The van der Waals surface area contributed by atoms with Crippen LogP contribution in [0.1, 0.15) is 21.5 Å². The number of carboxylic acid groups (broad SMARTS) is 1. The van der Waals surface area contributed by atoms with Crippen LogP contribution in [0.3, 0.4) is 0 Å². The molecule has 5 heteroatoms. The van der Waals surface area contributed by atoms with Gasteiger partial charge in [0.05, 0.1) is 12.2 Å². The molecular formula is C15H13FO4. The zero-order chi connectivity index (χ0) is 14.5. The molecule has 0 spiro atoms. The third-order valence-electron chi connectivity index (χ3n) is 2.81. The van der Waals surface area contributed by atoms with Gasteiger partial charge in [0, 0.05) is 5.56 Å². The van der Waals surface area contributed by atoms with Crippen LogP contribution in [0.5, 0.6) is 5.75 Å². The molecule has 0 unspecified atom stereocenters. The van der Waals surface area contributed by atoms with Crippen LogP contribution in [0.2, 0.25) is 0 Å². The predicted octanol–water partition coefficient (Wildman–Crippen LogP) is 2.60. The van der Waals surface area contributed by atoms with Gasteiger partial charge in [-0.1, -0.05) is 24.3 Å². The average Bonchev–Trinajstić information content (AvgIpc) is 2.46. The molecule has 0 aliphatic rings. The molecule has 0 fully saturated rings. The number of carboxylic acids is 1. The van der Waals surface area contributed by atoms with Gasteiger partial charge in [0.1, 0.15) is 18.2 Å². The van der Waals surface area contributed by atoms with Crippen molar-refractivity contribution in [3.63, 3.8) is 0 Å². The summed E-state index contributed by atoms with van der Waals surface area (Å²) in [5, 5.41) is 17.7. The number of rotatable bonds is 5. The molecule has 0 bridgehead atoms. The van der Waals surface area contributed by atoms with E-state index in [-0.39, 0.29) is 24.3 Å². The van der Waals surface area contributed by atoms with Crippen LogP contribution in [0.4, 0.5) is 4.39 Å². The van der Waals surface area contributed by atoms with E-state index in [1.807, 2.05) is 0 Å². The van der Waals surface area contributed by atoms with Crippen molar-refractivity contribution in [1.29, 1.82) is 0 Å². The lowest BCUT2D eigenvalue weighted by Crippen LogP contribution is -2.06. The van der Waals surface area contributed by atoms with E-state index in [0.29, 0.717) is 5.75 Å². The summed E-state index contributed by atoms with van der Waals surface area (Å²) >= 11 is 0. The van der Waals surface area contributed by atoms with Gasteiger partial charge in [-0.05, 0) is 23.8 Å². The minimum atomic E-state index is -1.31. The van der Waals surface area contributed by atoms with Gasteiger partial charge in [0.15, 0.2) is 0 Å². The number of ether oxygens (including phenoxy) is 1. The number of aliphatic hydroxyl groups excluding tert-OH is 1. The van der Waals surface area contributed by atoms with Crippen molar-refractivity contribution in [2.75, 3.05) is 0 Å². The Morgan fingerprint density at radius 3 is 2.45 bits per heavy atom. The molecule has 0 amide bonds. The van der Waals surface area contributed by atoms with Crippen LogP contribution in [-0.2, 0) is 13.2 Å². The zero-order valence-electron chi connectivity index (χ0n) is 10.5. The number of hydrogen-bond donors (Lipinski definition) is 2. The van der Waals surface area contributed by atoms with E-state index in [0.717, 1.165) is 5.56 Å². The number of halogens is 1. The number of aromatic carboxylic acids is 1. The predicted molar refractivity (Wildman–Crippen MR) is 70.1 cm³/mol. The van der Waals surface area contributed by atoms with E-state index in [1.165, 1.54) is 18.2 Å². The molecule has 20 heavy (non-hydrogen) atoms. The number of aliphatic hydroxyl groups is 1. The van der Waals surface area contributed by atoms with E-state index in [4.69, 9.17) is 14.9 Å². The first-order valence-corrected chi connectivity index (χ1v) is 5.95. The smallest absolute Gasteiger partial charge is 0.338 e. The highest BCUT2D eigenvalue weighted by Gasteiger charge is 2.13. The van der Waals surface area contributed by atoms with Crippen molar-refractivity contribution >= 4 is 5.97 Å². The minimum Gasteiger partial charge on any atom is -0.489 e. The fourth-order valence-corrected chi connectivity index (χ4v) is 1.71. The molecule has 4 nitrogen and oxygen atoms in total. The number of carbonyl (C=O) groups is 1. The standard InChI is InChI=1S/C15H13FO4/c16-14-11(2-1-3-13(14)15(18)19)9-20-12-6-4-10(8-17)5-7-12/h1-7,17H,8-9H2,(H,18,19). The van der Waals surface area contributed by atoms with Gasteiger partial charge in [-0.3, -0.25) is 0 Å². The molecule has 0 aliphatic carbocycles. The van der Waals surface area contributed by atoms with Gasteiger partial charge in [-0.2, -0.15) is 0 Å².